The summed E-state index contributed by atoms with van der Waals surface area (Å²) in [7, 11) is 1.66. The summed E-state index contributed by atoms with van der Waals surface area (Å²) in [6.45, 7) is 2.74. The van der Waals surface area contributed by atoms with Crippen LogP contribution in [0, 0.1) is 0 Å². The Bertz CT molecular complexity index is 712. The molecule has 25 heavy (non-hydrogen) atoms. The molecule has 2 N–H and O–H groups in total. The van der Waals surface area contributed by atoms with Crippen molar-refractivity contribution in [3.8, 4) is 5.75 Å². The van der Waals surface area contributed by atoms with Gasteiger partial charge in [-0.2, -0.15) is 0 Å². The van der Waals surface area contributed by atoms with Crippen LogP contribution in [0.15, 0.2) is 48.5 Å². The normalized spacial score (nSPS) is 13.6. The van der Waals surface area contributed by atoms with E-state index in [4.69, 9.17) is 4.74 Å². The van der Waals surface area contributed by atoms with Gasteiger partial charge in [0.15, 0.2) is 0 Å². The molecule has 0 bridgehead atoms. The van der Waals surface area contributed by atoms with E-state index in [-0.39, 0.29) is 6.03 Å². The summed E-state index contributed by atoms with van der Waals surface area (Å²) in [5, 5.41) is 5.81. The molecular weight excluding hydrogens is 314 g/mol. The minimum atomic E-state index is -0.187. The van der Waals surface area contributed by atoms with E-state index in [2.05, 4.69) is 21.6 Å². The smallest absolute Gasteiger partial charge is 0.319 e. The fourth-order valence-electron chi connectivity index (χ4n) is 3.15. The number of anilines is 2. The van der Waals surface area contributed by atoms with E-state index in [0.717, 1.165) is 36.5 Å². The van der Waals surface area contributed by atoms with Crippen molar-refractivity contribution < 1.29 is 9.53 Å². The molecule has 2 aromatic rings. The van der Waals surface area contributed by atoms with Gasteiger partial charge in [-0.3, -0.25) is 0 Å². The lowest BCUT2D eigenvalue weighted by Crippen LogP contribution is -2.30. The Morgan fingerprint density at radius 1 is 1.12 bits per heavy atom. The zero-order chi connectivity index (χ0) is 17.5. The van der Waals surface area contributed by atoms with Crippen molar-refractivity contribution in [2.24, 2.45) is 0 Å². The number of para-hydroxylation sites is 1. The van der Waals surface area contributed by atoms with Crippen LogP contribution >= 0.6 is 0 Å². The van der Waals surface area contributed by atoms with Crippen LogP contribution in [0.25, 0.3) is 0 Å². The van der Waals surface area contributed by atoms with E-state index in [1.54, 1.807) is 7.11 Å². The predicted octanol–water partition coefficient (Wildman–Crippen LogP) is 3.66. The van der Waals surface area contributed by atoms with Crippen LogP contribution in [0.4, 0.5) is 16.2 Å². The lowest BCUT2D eigenvalue weighted by molar-refractivity contribution is 0.252. The van der Waals surface area contributed by atoms with Gasteiger partial charge < -0.3 is 20.3 Å². The van der Waals surface area contributed by atoms with Crippen molar-refractivity contribution in [3.63, 3.8) is 0 Å². The minimum Gasteiger partial charge on any atom is -0.496 e. The predicted molar refractivity (Wildman–Crippen MR) is 102 cm³/mol. The molecule has 1 aliphatic rings. The second kappa shape index (κ2) is 8.42. The third kappa shape index (κ3) is 4.66. The van der Waals surface area contributed by atoms with Crippen molar-refractivity contribution in [1.82, 2.24) is 5.32 Å². The molecule has 2 aromatic carbocycles. The highest BCUT2D eigenvalue weighted by Crippen LogP contribution is 2.23. The lowest BCUT2D eigenvalue weighted by Gasteiger charge is -2.18. The molecule has 1 saturated heterocycles. The maximum absolute atomic E-state index is 12.1. The Morgan fingerprint density at radius 3 is 2.72 bits per heavy atom. The number of rotatable bonds is 6. The molecule has 5 nitrogen and oxygen atoms in total. The van der Waals surface area contributed by atoms with Gasteiger partial charge in [0.1, 0.15) is 5.75 Å². The second-order valence-corrected chi connectivity index (χ2v) is 6.19. The van der Waals surface area contributed by atoms with E-state index in [9.17, 15) is 4.79 Å². The van der Waals surface area contributed by atoms with Crippen molar-refractivity contribution in [2.45, 2.75) is 19.3 Å². The quantitative estimate of drug-likeness (QED) is 0.844. The lowest BCUT2D eigenvalue weighted by atomic mass is 10.1. The van der Waals surface area contributed by atoms with Gasteiger partial charge in [-0.05, 0) is 49.1 Å². The van der Waals surface area contributed by atoms with Gasteiger partial charge in [0.25, 0.3) is 0 Å². The van der Waals surface area contributed by atoms with Gasteiger partial charge in [0.2, 0.25) is 0 Å². The molecule has 0 spiro atoms. The third-order valence-electron chi connectivity index (χ3n) is 4.45. The van der Waals surface area contributed by atoms with Gasteiger partial charge in [0.05, 0.1) is 7.11 Å². The Morgan fingerprint density at radius 2 is 1.92 bits per heavy atom. The first-order valence-corrected chi connectivity index (χ1v) is 8.78. The fraction of sp³-hybridized carbons (Fsp3) is 0.350. The van der Waals surface area contributed by atoms with Gasteiger partial charge in [-0.15, -0.1) is 0 Å². The van der Waals surface area contributed by atoms with Crippen LogP contribution in [0.5, 0.6) is 5.75 Å². The van der Waals surface area contributed by atoms with Gasteiger partial charge in [0, 0.05) is 31.0 Å². The van der Waals surface area contributed by atoms with Crippen LogP contribution < -0.4 is 20.3 Å². The van der Waals surface area contributed by atoms with Gasteiger partial charge in [-0.25, -0.2) is 4.79 Å². The molecule has 0 atom stereocenters. The molecular formula is C20H25N3O2. The number of carbonyl (C=O) groups excluding carboxylic acids is 1. The number of urea groups is 1. The Kier molecular flexibility index (Phi) is 5.77. The highest BCUT2D eigenvalue weighted by atomic mass is 16.5. The largest absolute Gasteiger partial charge is 0.496 e. The summed E-state index contributed by atoms with van der Waals surface area (Å²) in [5.41, 5.74) is 3.07. The molecule has 0 unspecified atom stereocenters. The number of hydrogen-bond acceptors (Lipinski definition) is 3. The molecule has 0 radical (unpaired) electrons. The Labute approximate surface area is 149 Å². The number of hydrogen-bond donors (Lipinski definition) is 2. The number of amides is 2. The fourth-order valence-corrected chi connectivity index (χ4v) is 3.15. The summed E-state index contributed by atoms with van der Waals surface area (Å²) >= 11 is 0. The number of nitrogens with one attached hydrogen (secondary N) is 2. The zero-order valence-corrected chi connectivity index (χ0v) is 14.6. The number of benzene rings is 2. The maximum atomic E-state index is 12.1. The molecule has 1 aliphatic heterocycles. The monoisotopic (exact) mass is 339 g/mol. The molecule has 0 aromatic heterocycles. The summed E-state index contributed by atoms with van der Waals surface area (Å²) < 4.78 is 5.33. The highest BCUT2D eigenvalue weighted by molar-refractivity contribution is 5.89. The standard InChI is InChI=1S/C20H25N3O2/c1-25-19-10-3-2-7-16(19)11-12-21-20(24)22-17-8-6-9-18(15-17)23-13-4-5-14-23/h2-3,6-10,15H,4-5,11-14H2,1H3,(H2,21,22,24). The molecule has 0 aliphatic carbocycles. The Hall–Kier alpha value is -2.69. The first-order valence-electron chi connectivity index (χ1n) is 8.78. The average molecular weight is 339 g/mol. The molecule has 1 heterocycles. The first kappa shape index (κ1) is 17.1. The second-order valence-electron chi connectivity index (χ2n) is 6.19. The molecule has 0 saturated carbocycles. The maximum Gasteiger partial charge on any atom is 0.319 e. The molecule has 132 valence electrons. The minimum absolute atomic E-state index is 0.187. The molecule has 3 rings (SSSR count). The van der Waals surface area contributed by atoms with E-state index in [0.29, 0.717) is 6.54 Å². The zero-order valence-electron chi connectivity index (χ0n) is 14.6. The summed E-state index contributed by atoms with van der Waals surface area (Å²) in [4.78, 5) is 14.5. The topological polar surface area (TPSA) is 53.6 Å². The summed E-state index contributed by atoms with van der Waals surface area (Å²) in [6.07, 6.45) is 3.20. The van der Waals surface area contributed by atoms with Crippen LogP contribution in [0.1, 0.15) is 18.4 Å². The SMILES string of the molecule is COc1ccccc1CCNC(=O)Nc1cccc(N2CCCC2)c1. The van der Waals surface area contributed by atoms with E-state index < -0.39 is 0 Å². The van der Waals surface area contributed by atoms with Crippen LogP contribution in [-0.2, 0) is 6.42 Å². The highest BCUT2D eigenvalue weighted by Gasteiger charge is 2.12. The Balaban J connectivity index is 1.50. The summed E-state index contributed by atoms with van der Waals surface area (Å²) in [5.74, 6) is 0.850. The van der Waals surface area contributed by atoms with Crippen LogP contribution in [-0.4, -0.2) is 32.8 Å². The summed E-state index contributed by atoms with van der Waals surface area (Å²) in [6, 6.07) is 15.7. The average Bonchev–Trinajstić information content (AvgIpc) is 3.17. The number of carbonyl (C=O) groups is 1. The van der Waals surface area contributed by atoms with Crippen molar-refractivity contribution in [2.75, 3.05) is 37.0 Å². The number of methoxy groups -OCH3 is 1. The van der Waals surface area contributed by atoms with Crippen molar-refractivity contribution in [3.05, 3.63) is 54.1 Å². The van der Waals surface area contributed by atoms with E-state index in [1.165, 1.54) is 18.5 Å². The van der Waals surface area contributed by atoms with Crippen molar-refractivity contribution in [1.29, 1.82) is 0 Å². The van der Waals surface area contributed by atoms with Gasteiger partial charge in [-0.1, -0.05) is 24.3 Å². The number of nitrogens with zero attached hydrogens (tertiary/aromatic N) is 1. The van der Waals surface area contributed by atoms with Crippen LogP contribution in [0.3, 0.4) is 0 Å². The first-order chi connectivity index (χ1) is 12.3. The number of ether oxygens (including phenoxy) is 1. The van der Waals surface area contributed by atoms with Crippen LogP contribution in [0.2, 0.25) is 0 Å². The van der Waals surface area contributed by atoms with E-state index >= 15 is 0 Å². The van der Waals surface area contributed by atoms with Gasteiger partial charge >= 0.3 is 6.03 Å². The third-order valence-corrected chi connectivity index (χ3v) is 4.45. The molecule has 1 fully saturated rings. The van der Waals surface area contributed by atoms with Crippen molar-refractivity contribution >= 4 is 17.4 Å². The molecule has 5 heteroatoms. The van der Waals surface area contributed by atoms with E-state index in [1.807, 2.05) is 42.5 Å². The molecule has 2 amide bonds.